The zero-order valence-electron chi connectivity index (χ0n) is 11.9. The lowest BCUT2D eigenvalue weighted by Crippen LogP contribution is -2.07. The van der Waals surface area contributed by atoms with E-state index in [4.69, 9.17) is 4.74 Å². The third kappa shape index (κ3) is 3.41. The van der Waals surface area contributed by atoms with Crippen molar-refractivity contribution in [3.8, 4) is 0 Å². The van der Waals surface area contributed by atoms with Crippen LogP contribution in [0.3, 0.4) is 0 Å². The van der Waals surface area contributed by atoms with E-state index in [1.165, 1.54) is 5.69 Å². The van der Waals surface area contributed by atoms with Gasteiger partial charge in [0.15, 0.2) is 0 Å². The molecule has 0 saturated heterocycles. The highest BCUT2D eigenvalue weighted by atomic mass is 16.5. The van der Waals surface area contributed by atoms with Gasteiger partial charge >= 0.3 is 5.97 Å². The topological polar surface area (TPSA) is 43.3 Å². The first-order valence-corrected chi connectivity index (χ1v) is 6.89. The minimum Gasteiger partial charge on any atom is -0.462 e. The lowest BCUT2D eigenvalue weighted by atomic mass is 10.2. The van der Waals surface area contributed by atoms with Crippen LogP contribution in [0.4, 0.5) is 5.69 Å². The van der Waals surface area contributed by atoms with Gasteiger partial charge in [-0.2, -0.15) is 0 Å². The largest absolute Gasteiger partial charge is 0.462 e. The first-order chi connectivity index (χ1) is 9.74. The molecule has 0 bridgehead atoms. The molecule has 2 rings (SSSR count). The Morgan fingerprint density at radius 2 is 1.95 bits per heavy atom. The average molecular weight is 272 g/mol. The van der Waals surface area contributed by atoms with Gasteiger partial charge in [0.2, 0.25) is 0 Å². The molecule has 1 aromatic heterocycles. The molecular formula is C16H20N2O2. The number of esters is 1. The Hall–Kier alpha value is -2.23. The zero-order valence-corrected chi connectivity index (χ0v) is 11.9. The van der Waals surface area contributed by atoms with E-state index in [9.17, 15) is 4.79 Å². The Morgan fingerprint density at radius 1 is 1.20 bits per heavy atom. The molecule has 0 radical (unpaired) electrons. The SMILES string of the molecule is CCOC(=O)c1ccc(NCc2cccn2CC)cc1. The number of hydrogen-bond donors (Lipinski definition) is 1. The first-order valence-electron chi connectivity index (χ1n) is 6.89. The summed E-state index contributed by atoms with van der Waals surface area (Å²) in [4.78, 5) is 11.5. The van der Waals surface area contributed by atoms with Crippen LogP contribution in [0.15, 0.2) is 42.6 Å². The minimum atomic E-state index is -0.279. The van der Waals surface area contributed by atoms with E-state index >= 15 is 0 Å². The van der Waals surface area contributed by atoms with E-state index < -0.39 is 0 Å². The number of nitrogens with one attached hydrogen (secondary N) is 1. The fraction of sp³-hybridized carbons (Fsp3) is 0.312. The highest BCUT2D eigenvalue weighted by Crippen LogP contribution is 2.12. The maximum atomic E-state index is 11.5. The van der Waals surface area contributed by atoms with Gasteiger partial charge in [-0.05, 0) is 50.2 Å². The van der Waals surface area contributed by atoms with Crippen molar-refractivity contribution in [2.45, 2.75) is 26.9 Å². The Balaban J connectivity index is 1.95. The summed E-state index contributed by atoms with van der Waals surface area (Å²) >= 11 is 0. The fourth-order valence-corrected chi connectivity index (χ4v) is 2.05. The van der Waals surface area contributed by atoms with Crippen molar-refractivity contribution >= 4 is 11.7 Å². The van der Waals surface area contributed by atoms with Crippen molar-refractivity contribution in [2.24, 2.45) is 0 Å². The monoisotopic (exact) mass is 272 g/mol. The van der Waals surface area contributed by atoms with Gasteiger partial charge in [-0.1, -0.05) is 0 Å². The Labute approximate surface area is 119 Å². The van der Waals surface area contributed by atoms with Crippen molar-refractivity contribution in [2.75, 3.05) is 11.9 Å². The third-order valence-corrected chi connectivity index (χ3v) is 3.13. The number of hydrogen-bond acceptors (Lipinski definition) is 3. The van der Waals surface area contributed by atoms with Crippen molar-refractivity contribution in [1.29, 1.82) is 0 Å². The molecule has 20 heavy (non-hydrogen) atoms. The Kier molecular flexibility index (Phi) is 4.82. The van der Waals surface area contributed by atoms with Crippen LogP contribution in [0.5, 0.6) is 0 Å². The van der Waals surface area contributed by atoms with E-state index in [0.29, 0.717) is 12.2 Å². The molecule has 4 heteroatoms. The molecule has 0 spiro atoms. The van der Waals surface area contributed by atoms with Crippen LogP contribution in [-0.4, -0.2) is 17.1 Å². The fourth-order valence-electron chi connectivity index (χ4n) is 2.05. The molecule has 0 aliphatic rings. The van der Waals surface area contributed by atoms with Crippen molar-refractivity contribution in [3.05, 3.63) is 53.9 Å². The minimum absolute atomic E-state index is 0.279. The summed E-state index contributed by atoms with van der Waals surface area (Å²) in [7, 11) is 0. The molecule has 4 nitrogen and oxygen atoms in total. The summed E-state index contributed by atoms with van der Waals surface area (Å²) in [6.45, 7) is 6.05. The van der Waals surface area contributed by atoms with Crippen molar-refractivity contribution < 1.29 is 9.53 Å². The second kappa shape index (κ2) is 6.80. The molecule has 0 saturated carbocycles. The van der Waals surface area contributed by atoms with Gasteiger partial charge < -0.3 is 14.6 Å². The van der Waals surface area contributed by atoms with Crippen LogP contribution in [0, 0.1) is 0 Å². The zero-order chi connectivity index (χ0) is 14.4. The number of rotatable bonds is 6. The van der Waals surface area contributed by atoms with Crippen LogP contribution in [0.2, 0.25) is 0 Å². The Morgan fingerprint density at radius 3 is 2.60 bits per heavy atom. The molecule has 0 fully saturated rings. The molecule has 2 aromatic rings. The van der Waals surface area contributed by atoms with E-state index in [-0.39, 0.29) is 5.97 Å². The quantitative estimate of drug-likeness (QED) is 0.820. The molecule has 1 aromatic carbocycles. The number of carbonyl (C=O) groups excluding carboxylic acids is 1. The average Bonchev–Trinajstić information content (AvgIpc) is 2.93. The first kappa shape index (κ1) is 14.2. The summed E-state index contributed by atoms with van der Waals surface area (Å²) in [5.41, 5.74) is 2.80. The van der Waals surface area contributed by atoms with Gasteiger partial charge in [-0.15, -0.1) is 0 Å². The smallest absolute Gasteiger partial charge is 0.338 e. The summed E-state index contributed by atoms with van der Waals surface area (Å²) in [6, 6.07) is 11.5. The lowest BCUT2D eigenvalue weighted by molar-refractivity contribution is 0.0526. The second-order valence-electron chi connectivity index (χ2n) is 4.44. The van der Waals surface area contributed by atoms with Crippen LogP contribution < -0.4 is 5.32 Å². The van der Waals surface area contributed by atoms with Crippen LogP contribution in [-0.2, 0) is 17.8 Å². The van der Waals surface area contributed by atoms with Gasteiger partial charge in [0.1, 0.15) is 0 Å². The molecule has 1 heterocycles. The number of aromatic nitrogens is 1. The summed E-state index contributed by atoms with van der Waals surface area (Å²) < 4.78 is 7.15. The van der Waals surface area contributed by atoms with Crippen LogP contribution in [0.1, 0.15) is 29.9 Å². The highest BCUT2D eigenvalue weighted by Gasteiger charge is 2.05. The van der Waals surface area contributed by atoms with Gasteiger partial charge in [-0.3, -0.25) is 0 Å². The number of carbonyl (C=O) groups is 1. The summed E-state index contributed by atoms with van der Waals surface area (Å²) in [5, 5.41) is 3.35. The summed E-state index contributed by atoms with van der Waals surface area (Å²) in [6.07, 6.45) is 2.07. The summed E-state index contributed by atoms with van der Waals surface area (Å²) in [5.74, 6) is -0.279. The van der Waals surface area contributed by atoms with Crippen LogP contribution >= 0.6 is 0 Å². The normalized spacial score (nSPS) is 10.3. The number of nitrogens with zero attached hydrogens (tertiary/aromatic N) is 1. The molecule has 0 aliphatic heterocycles. The molecule has 1 N–H and O–H groups in total. The van der Waals surface area contributed by atoms with Gasteiger partial charge in [0.25, 0.3) is 0 Å². The maximum absolute atomic E-state index is 11.5. The van der Waals surface area contributed by atoms with Gasteiger partial charge in [0.05, 0.1) is 18.7 Å². The van der Waals surface area contributed by atoms with Crippen LogP contribution in [0.25, 0.3) is 0 Å². The Bertz CT molecular complexity index is 558. The standard InChI is InChI=1S/C16H20N2O2/c1-3-18-11-5-6-15(18)12-17-14-9-7-13(8-10-14)16(19)20-4-2/h5-11,17H,3-4,12H2,1-2H3. The van der Waals surface area contributed by atoms with Gasteiger partial charge in [-0.25, -0.2) is 4.79 Å². The molecule has 0 unspecified atom stereocenters. The number of benzene rings is 1. The second-order valence-corrected chi connectivity index (χ2v) is 4.44. The van der Waals surface area contributed by atoms with E-state index in [2.05, 4.69) is 29.1 Å². The van der Waals surface area contributed by atoms with Gasteiger partial charge in [0, 0.05) is 24.1 Å². The van der Waals surface area contributed by atoms with E-state index in [0.717, 1.165) is 18.8 Å². The molecule has 0 atom stereocenters. The van der Waals surface area contributed by atoms with Crippen molar-refractivity contribution in [3.63, 3.8) is 0 Å². The number of aryl methyl sites for hydroxylation is 1. The highest BCUT2D eigenvalue weighted by molar-refractivity contribution is 5.89. The molecular weight excluding hydrogens is 252 g/mol. The number of anilines is 1. The molecule has 0 aliphatic carbocycles. The maximum Gasteiger partial charge on any atom is 0.338 e. The third-order valence-electron chi connectivity index (χ3n) is 3.13. The lowest BCUT2D eigenvalue weighted by Gasteiger charge is -2.09. The van der Waals surface area contributed by atoms with E-state index in [1.54, 1.807) is 19.1 Å². The predicted octanol–water partition coefficient (Wildman–Crippen LogP) is 3.30. The predicted molar refractivity (Wildman–Crippen MR) is 79.8 cm³/mol. The van der Waals surface area contributed by atoms with E-state index in [1.807, 2.05) is 18.2 Å². The molecule has 106 valence electrons. The van der Waals surface area contributed by atoms with Crippen molar-refractivity contribution in [1.82, 2.24) is 4.57 Å². The number of ether oxygens (including phenoxy) is 1. The molecule has 0 amide bonds.